The van der Waals surface area contributed by atoms with Gasteiger partial charge in [-0.1, -0.05) is 6.07 Å². The average molecular weight is 378 g/mol. The number of anilines is 1. The molecule has 0 unspecified atom stereocenters. The normalized spacial score (nSPS) is 14.7. The van der Waals surface area contributed by atoms with Gasteiger partial charge in [-0.2, -0.15) is 0 Å². The zero-order valence-corrected chi connectivity index (χ0v) is 15.3. The number of amides is 3. The third-order valence-electron chi connectivity index (χ3n) is 5.04. The molecule has 0 atom stereocenters. The molecule has 7 nitrogen and oxygen atoms in total. The first-order valence-electron chi connectivity index (χ1n) is 8.99. The summed E-state index contributed by atoms with van der Waals surface area (Å²) in [7, 11) is 1.40. The van der Waals surface area contributed by atoms with Gasteiger partial charge < -0.3 is 10.1 Å². The van der Waals surface area contributed by atoms with Gasteiger partial charge in [0.1, 0.15) is 0 Å². The van der Waals surface area contributed by atoms with Crippen LogP contribution in [0.5, 0.6) is 0 Å². The van der Waals surface area contributed by atoms with Crippen LogP contribution in [0.15, 0.2) is 36.4 Å². The standard InChI is InChI=1S/C21H18N2O5/c1-23-19(25)16-8-7-15(10-17(16)20(23)26)22-18(24)11-28-21(27)14-6-5-12-3-2-4-13(12)9-14/h5-10H,2-4,11H2,1H3,(H,22,24). The van der Waals surface area contributed by atoms with Crippen molar-refractivity contribution in [2.24, 2.45) is 0 Å². The fraction of sp³-hybridized carbons (Fsp3) is 0.238. The van der Waals surface area contributed by atoms with Crippen molar-refractivity contribution in [3.63, 3.8) is 0 Å². The molecule has 0 bridgehead atoms. The molecule has 1 N–H and O–H groups in total. The Labute approximate surface area is 161 Å². The van der Waals surface area contributed by atoms with Gasteiger partial charge in [0.05, 0.1) is 16.7 Å². The van der Waals surface area contributed by atoms with Crippen molar-refractivity contribution < 1.29 is 23.9 Å². The van der Waals surface area contributed by atoms with Crippen LogP contribution in [0.2, 0.25) is 0 Å². The van der Waals surface area contributed by atoms with E-state index < -0.39 is 24.4 Å². The number of nitrogens with one attached hydrogen (secondary N) is 1. The molecule has 0 saturated carbocycles. The first-order chi connectivity index (χ1) is 13.4. The number of rotatable bonds is 4. The van der Waals surface area contributed by atoms with Crippen LogP contribution < -0.4 is 5.32 Å². The van der Waals surface area contributed by atoms with Crippen LogP contribution in [0.3, 0.4) is 0 Å². The molecular formula is C21H18N2O5. The highest BCUT2D eigenvalue weighted by Crippen LogP contribution is 2.25. The minimum atomic E-state index is -0.554. The van der Waals surface area contributed by atoms with Crippen molar-refractivity contribution in [3.05, 3.63) is 64.2 Å². The second-order valence-corrected chi connectivity index (χ2v) is 6.89. The Morgan fingerprint density at radius 3 is 2.57 bits per heavy atom. The van der Waals surface area contributed by atoms with Gasteiger partial charge >= 0.3 is 5.97 Å². The van der Waals surface area contributed by atoms with E-state index in [-0.39, 0.29) is 11.5 Å². The zero-order valence-electron chi connectivity index (χ0n) is 15.3. The monoisotopic (exact) mass is 378 g/mol. The lowest BCUT2D eigenvalue weighted by molar-refractivity contribution is -0.119. The van der Waals surface area contributed by atoms with E-state index in [1.807, 2.05) is 12.1 Å². The van der Waals surface area contributed by atoms with Crippen molar-refractivity contribution >= 4 is 29.4 Å². The van der Waals surface area contributed by atoms with E-state index in [1.54, 1.807) is 6.07 Å². The summed E-state index contributed by atoms with van der Waals surface area (Å²) in [5.74, 6) is -1.87. The molecule has 0 fully saturated rings. The van der Waals surface area contributed by atoms with Crippen LogP contribution in [0.25, 0.3) is 0 Å². The molecule has 4 rings (SSSR count). The number of hydrogen-bond donors (Lipinski definition) is 1. The fourth-order valence-corrected chi connectivity index (χ4v) is 3.55. The molecule has 1 aliphatic carbocycles. The van der Waals surface area contributed by atoms with E-state index >= 15 is 0 Å². The van der Waals surface area contributed by atoms with Crippen molar-refractivity contribution in [2.45, 2.75) is 19.3 Å². The Morgan fingerprint density at radius 2 is 1.75 bits per heavy atom. The first-order valence-corrected chi connectivity index (χ1v) is 8.99. The highest BCUT2D eigenvalue weighted by Gasteiger charge is 2.32. The number of benzene rings is 2. The van der Waals surface area contributed by atoms with Gasteiger partial charge in [-0.05, 0) is 60.7 Å². The van der Waals surface area contributed by atoms with Gasteiger partial charge in [0, 0.05) is 12.7 Å². The smallest absolute Gasteiger partial charge is 0.338 e. The van der Waals surface area contributed by atoms with Crippen molar-refractivity contribution in [3.8, 4) is 0 Å². The summed E-state index contributed by atoms with van der Waals surface area (Å²) < 4.78 is 5.09. The van der Waals surface area contributed by atoms with Crippen LogP contribution in [0, 0.1) is 0 Å². The maximum atomic E-state index is 12.2. The number of fused-ring (bicyclic) bond motifs is 2. The van der Waals surface area contributed by atoms with Crippen molar-refractivity contribution in [1.29, 1.82) is 0 Å². The maximum absolute atomic E-state index is 12.2. The molecule has 2 aromatic rings. The largest absolute Gasteiger partial charge is 0.452 e. The van der Waals surface area contributed by atoms with Crippen LogP contribution in [-0.2, 0) is 22.4 Å². The Bertz CT molecular complexity index is 1030. The number of hydrogen-bond acceptors (Lipinski definition) is 5. The van der Waals surface area contributed by atoms with Gasteiger partial charge in [0.15, 0.2) is 6.61 Å². The topological polar surface area (TPSA) is 92.8 Å². The molecular weight excluding hydrogens is 360 g/mol. The Kier molecular flexibility index (Phi) is 4.43. The third kappa shape index (κ3) is 3.15. The summed E-state index contributed by atoms with van der Waals surface area (Å²) in [6, 6.07) is 9.93. The SMILES string of the molecule is CN1C(=O)c2ccc(NC(=O)COC(=O)c3ccc4c(c3)CCC4)cc2C1=O. The fourth-order valence-electron chi connectivity index (χ4n) is 3.55. The number of nitrogens with zero attached hydrogens (tertiary/aromatic N) is 1. The second-order valence-electron chi connectivity index (χ2n) is 6.89. The van der Waals surface area contributed by atoms with Crippen molar-refractivity contribution in [2.75, 3.05) is 19.0 Å². The number of imide groups is 1. The maximum Gasteiger partial charge on any atom is 0.338 e. The van der Waals surface area contributed by atoms with E-state index in [0.717, 1.165) is 29.7 Å². The first kappa shape index (κ1) is 17.9. The van der Waals surface area contributed by atoms with Gasteiger partial charge in [0.2, 0.25) is 0 Å². The Morgan fingerprint density at radius 1 is 1.00 bits per heavy atom. The highest BCUT2D eigenvalue weighted by atomic mass is 16.5. The lowest BCUT2D eigenvalue weighted by Crippen LogP contribution is -2.24. The predicted octanol–water partition coefficient (Wildman–Crippen LogP) is 2.20. The lowest BCUT2D eigenvalue weighted by Gasteiger charge is -2.08. The van der Waals surface area contributed by atoms with Crippen LogP contribution in [0.1, 0.15) is 48.6 Å². The number of ether oxygens (including phenoxy) is 1. The van der Waals surface area contributed by atoms with Gasteiger partial charge in [-0.3, -0.25) is 19.3 Å². The molecule has 28 heavy (non-hydrogen) atoms. The minimum absolute atomic E-state index is 0.237. The van der Waals surface area contributed by atoms with Gasteiger partial charge in [-0.25, -0.2) is 4.79 Å². The number of esters is 1. The molecule has 3 amide bonds. The molecule has 142 valence electrons. The molecule has 2 aromatic carbocycles. The molecule has 7 heteroatoms. The van der Waals surface area contributed by atoms with E-state index in [0.29, 0.717) is 16.8 Å². The van der Waals surface area contributed by atoms with Gasteiger partial charge in [-0.15, -0.1) is 0 Å². The van der Waals surface area contributed by atoms with E-state index in [4.69, 9.17) is 4.74 Å². The lowest BCUT2D eigenvalue weighted by atomic mass is 10.1. The Balaban J connectivity index is 1.37. The molecule has 0 radical (unpaired) electrons. The summed E-state index contributed by atoms with van der Waals surface area (Å²) in [5, 5.41) is 2.57. The number of carbonyl (C=O) groups is 4. The molecule has 2 aliphatic rings. The summed E-state index contributed by atoms with van der Waals surface area (Å²) in [4.78, 5) is 49.2. The number of carbonyl (C=O) groups excluding carboxylic acids is 4. The van der Waals surface area contributed by atoms with Crippen LogP contribution in [0.4, 0.5) is 5.69 Å². The van der Waals surface area contributed by atoms with E-state index in [2.05, 4.69) is 5.32 Å². The zero-order chi connectivity index (χ0) is 19.8. The summed E-state index contributed by atoms with van der Waals surface area (Å²) in [5.41, 5.74) is 3.73. The molecule has 1 aliphatic heterocycles. The highest BCUT2D eigenvalue weighted by molar-refractivity contribution is 6.21. The van der Waals surface area contributed by atoms with E-state index in [9.17, 15) is 19.2 Å². The predicted molar refractivity (Wildman–Crippen MR) is 100 cm³/mol. The average Bonchev–Trinajstić information content (AvgIpc) is 3.25. The summed E-state index contributed by atoms with van der Waals surface area (Å²) >= 11 is 0. The minimum Gasteiger partial charge on any atom is -0.452 e. The molecule has 1 heterocycles. The molecule has 0 saturated heterocycles. The Hall–Kier alpha value is -3.48. The second kappa shape index (κ2) is 6.92. The van der Waals surface area contributed by atoms with Gasteiger partial charge in [0.25, 0.3) is 17.7 Å². The van der Waals surface area contributed by atoms with E-state index in [1.165, 1.54) is 30.8 Å². The molecule has 0 aromatic heterocycles. The van der Waals surface area contributed by atoms with Crippen molar-refractivity contribution in [1.82, 2.24) is 4.90 Å². The third-order valence-corrected chi connectivity index (χ3v) is 5.04. The van der Waals surface area contributed by atoms with Crippen LogP contribution in [-0.4, -0.2) is 42.2 Å². The summed E-state index contributed by atoms with van der Waals surface area (Å²) in [6.07, 6.45) is 3.06. The summed E-state index contributed by atoms with van der Waals surface area (Å²) in [6.45, 7) is -0.445. The van der Waals surface area contributed by atoms with Crippen LogP contribution >= 0.6 is 0 Å². The quantitative estimate of drug-likeness (QED) is 0.650. The number of aryl methyl sites for hydroxylation is 2. The molecule has 0 spiro atoms.